The van der Waals surface area contributed by atoms with Crippen LogP contribution in [0.15, 0.2) is 24.3 Å². The van der Waals surface area contributed by atoms with Gasteiger partial charge >= 0.3 is 12.3 Å². The minimum Gasteiger partial charge on any atom is -0.488 e. The minimum absolute atomic E-state index is 0.0120. The molecular formula is C15H20F3NO4. The standard InChI is InChI=1S/C15H20F3NO4/c1-14(2,3)23-13(20)19-8-9-21-11-6-4-5-7-12(11)22-10-15(16,17)18/h4-7H,8-10H2,1-3H3,(H,19,20). The first-order chi connectivity index (χ1) is 10.6. The molecule has 0 aliphatic heterocycles. The molecule has 0 atom stereocenters. The Hall–Kier alpha value is -2.12. The van der Waals surface area contributed by atoms with Gasteiger partial charge in [0.05, 0.1) is 6.54 Å². The molecule has 1 aromatic rings. The Morgan fingerprint density at radius 2 is 1.65 bits per heavy atom. The van der Waals surface area contributed by atoms with E-state index in [1.807, 2.05) is 0 Å². The highest BCUT2D eigenvalue weighted by molar-refractivity contribution is 5.67. The summed E-state index contributed by atoms with van der Waals surface area (Å²) in [6.45, 7) is 4.00. The van der Waals surface area contributed by atoms with Gasteiger partial charge in [-0.05, 0) is 32.9 Å². The Morgan fingerprint density at radius 3 is 2.17 bits per heavy atom. The quantitative estimate of drug-likeness (QED) is 0.808. The van der Waals surface area contributed by atoms with Gasteiger partial charge in [-0.15, -0.1) is 0 Å². The Bertz CT molecular complexity index is 512. The second-order valence-electron chi connectivity index (χ2n) is 5.63. The molecule has 0 aliphatic carbocycles. The van der Waals surface area contributed by atoms with E-state index in [0.717, 1.165) is 0 Å². The minimum atomic E-state index is -4.43. The molecule has 5 nitrogen and oxygen atoms in total. The molecule has 0 aliphatic rings. The molecule has 0 saturated carbocycles. The molecule has 130 valence electrons. The van der Waals surface area contributed by atoms with Gasteiger partial charge in [0, 0.05) is 0 Å². The average Bonchev–Trinajstić information content (AvgIpc) is 2.39. The summed E-state index contributed by atoms with van der Waals surface area (Å²) < 4.78 is 51.6. The molecule has 0 saturated heterocycles. The summed E-state index contributed by atoms with van der Waals surface area (Å²) in [7, 11) is 0. The van der Waals surface area contributed by atoms with E-state index in [4.69, 9.17) is 9.47 Å². The summed E-state index contributed by atoms with van der Waals surface area (Å²) >= 11 is 0. The van der Waals surface area contributed by atoms with E-state index in [2.05, 4.69) is 10.1 Å². The van der Waals surface area contributed by atoms with Crippen molar-refractivity contribution in [2.75, 3.05) is 19.8 Å². The first kappa shape index (κ1) is 18.9. The van der Waals surface area contributed by atoms with Gasteiger partial charge in [0.15, 0.2) is 18.1 Å². The van der Waals surface area contributed by atoms with Gasteiger partial charge in [-0.2, -0.15) is 13.2 Å². The molecule has 1 amide bonds. The zero-order chi connectivity index (χ0) is 17.5. The highest BCUT2D eigenvalue weighted by atomic mass is 19.4. The number of amides is 1. The van der Waals surface area contributed by atoms with Crippen LogP contribution in [0, 0.1) is 0 Å². The Balaban J connectivity index is 2.42. The Morgan fingerprint density at radius 1 is 1.09 bits per heavy atom. The van der Waals surface area contributed by atoms with Crippen molar-refractivity contribution >= 4 is 6.09 Å². The molecule has 0 unspecified atom stereocenters. The number of para-hydroxylation sites is 2. The second kappa shape index (κ2) is 7.94. The van der Waals surface area contributed by atoms with Crippen molar-refractivity contribution in [3.63, 3.8) is 0 Å². The molecule has 1 rings (SSSR count). The molecule has 0 bridgehead atoms. The van der Waals surface area contributed by atoms with Crippen LogP contribution >= 0.6 is 0 Å². The van der Waals surface area contributed by atoms with Crippen molar-refractivity contribution in [2.24, 2.45) is 0 Å². The molecule has 0 spiro atoms. The number of hydrogen-bond acceptors (Lipinski definition) is 4. The normalized spacial score (nSPS) is 11.7. The summed E-state index contributed by atoms with van der Waals surface area (Å²) in [5.41, 5.74) is -0.608. The summed E-state index contributed by atoms with van der Waals surface area (Å²) in [5.74, 6) is 0.157. The van der Waals surface area contributed by atoms with Gasteiger partial charge in [-0.3, -0.25) is 0 Å². The smallest absolute Gasteiger partial charge is 0.422 e. The van der Waals surface area contributed by atoms with Crippen molar-refractivity contribution in [2.45, 2.75) is 32.5 Å². The summed E-state index contributed by atoms with van der Waals surface area (Å²) in [6, 6.07) is 6.01. The largest absolute Gasteiger partial charge is 0.488 e. The van der Waals surface area contributed by atoms with Gasteiger partial charge in [-0.25, -0.2) is 4.79 Å². The number of hydrogen-bond donors (Lipinski definition) is 1. The van der Waals surface area contributed by atoms with Crippen molar-refractivity contribution in [1.29, 1.82) is 0 Å². The number of benzene rings is 1. The predicted molar refractivity (Wildman–Crippen MR) is 77.7 cm³/mol. The Kier molecular flexibility index (Phi) is 6.53. The molecule has 8 heteroatoms. The average molecular weight is 335 g/mol. The number of carbonyl (C=O) groups excluding carboxylic acids is 1. The lowest BCUT2D eigenvalue weighted by molar-refractivity contribution is -0.153. The number of nitrogens with one attached hydrogen (secondary N) is 1. The van der Waals surface area contributed by atoms with Gasteiger partial charge in [-0.1, -0.05) is 12.1 Å². The maximum atomic E-state index is 12.2. The second-order valence-corrected chi connectivity index (χ2v) is 5.63. The van der Waals surface area contributed by atoms with E-state index < -0.39 is 24.5 Å². The number of rotatable bonds is 6. The van der Waals surface area contributed by atoms with Crippen LogP contribution in [0.2, 0.25) is 0 Å². The maximum Gasteiger partial charge on any atom is 0.422 e. The van der Waals surface area contributed by atoms with Crippen molar-refractivity contribution in [3.05, 3.63) is 24.3 Å². The van der Waals surface area contributed by atoms with E-state index in [-0.39, 0.29) is 24.7 Å². The molecule has 1 N–H and O–H groups in total. The third-order valence-electron chi connectivity index (χ3n) is 2.27. The summed E-state index contributed by atoms with van der Waals surface area (Å²) in [6.07, 6.45) is -5.02. The van der Waals surface area contributed by atoms with Crippen LogP contribution in [0.25, 0.3) is 0 Å². The monoisotopic (exact) mass is 335 g/mol. The predicted octanol–water partition coefficient (Wildman–Crippen LogP) is 3.53. The molecule has 0 radical (unpaired) electrons. The van der Waals surface area contributed by atoms with Gasteiger partial charge in [0.2, 0.25) is 0 Å². The van der Waals surface area contributed by atoms with Gasteiger partial charge in [0.25, 0.3) is 0 Å². The fourth-order valence-corrected chi connectivity index (χ4v) is 1.48. The lowest BCUT2D eigenvalue weighted by Crippen LogP contribution is -2.34. The number of alkyl carbamates (subject to hydrolysis) is 1. The number of carbonyl (C=O) groups is 1. The van der Waals surface area contributed by atoms with Crippen molar-refractivity contribution in [3.8, 4) is 11.5 Å². The molecule has 0 aromatic heterocycles. The fourth-order valence-electron chi connectivity index (χ4n) is 1.48. The highest BCUT2D eigenvalue weighted by Gasteiger charge is 2.28. The van der Waals surface area contributed by atoms with E-state index in [1.165, 1.54) is 18.2 Å². The van der Waals surface area contributed by atoms with E-state index in [9.17, 15) is 18.0 Å². The zero-order valence-electron chi connectivity index (χ0n) is 13.2. The van der Waals surface area contributed by atoms with Crippen molar-refractivity contribution < 1.29 is 32.2 Å². The SMILES string of the molecule is CC(C)(C)OC(=O)NCCOc1ccccc1OCC(F)(F)F. The van der Waals surface area contributed by atoms with Gasteiger partial charge < -0.3 is 19.5 Å². The third kappa shape index (κ3) is 8.80. The first-order valence-electron chi connectivity index (χ1n) is 6.95. The van der Waals surface area contributed by atoms with E-state index in [0.29, 0.717) is 0 Å². The highest BCUT2D eigenvalue weighted by Crippen LogP contribution is 2.28. The molecular weight excluding hydrogens is 315 g/mol. The Labute approximate surface area is 132 Å². The van der Waals surface area contributed by atoms with E-state index >= 15 is 0 Å². The molecule has 0 fully saturated rings. The van der Waals surface area contributed by atoms with Crippen LogP contribution in [0.1, 0.15) is 20.8 Å². The number of alkyl halides is 3. The topological polar surface area (TPSA) is 56.8 Å². The third-order valence-corrected chi connectivity index (χ3v) is 2.27. The summed E-state index contributed by atoms with van der Waals surface area (Å²) in [5, 5.41) is 2.48. The lowest BCUT2D eigenvalue weighted by Gasteiger charge is -2.19. The van der Waals surface area contributed by atoms with Crippen molar-refractivity contribution in [1.82, 2.24) is 5.32 Å². The van der Waals surface area contributed by atoms with Crippen LogP contribution in [-0.4, -0.2) is 37.6 Å². The maximum absolute atomic E-state index is 12.2. The van der Waals surface area contributed by atoms with Crippen LogP contribution in [-0.2, 0) is 4.74 Å². The molecule has 1 aromatic carbocycles. The fraction of sp³-hybridized carbons (Fsp3) is 0.533. The van der Waals surface area contributed by atoms with Crippen LogP contribution in [0.4, 0.5) is 18.0 Å². The first-order valence-corrected chi connectivity index (χ1v) is 6.95. The van der Waals surface area contributed by atoms with Crippen LogP contribution in [0.5, 0.6) is 11.5 Å². The van der Waals surface area contributed by atoms with Crippen LogP contribution in [0.3, 0.4) is 0 Å². The van der Waals surface area contributed by atoms with Gasteiger partial charge in [0.1, 0.15) is 12.2 Å². The van der Waals surface area contributed by atoms with Crippen LogP contribution < -0.4 is 14.8 Å². The zero-order valence-corrected chi connectivity index (χ0v) is 13.2. The number of ether oxygens (including phenoxy) is 3. The number of halogens is 3. The summed E-state index contributed by atoms with van der Waals surface area (Å²) in [4.78, 5) is 11.4. The van der Waals surface area contributed by atoms with E-state index in [1.54, 1.807) is 26.8 Å². The lowest BCUT2D eigenvalue weighted by atomic mass is 10.2. The molecule has 23 heavy (non-hydrogen) atoms. The molecule has 0 heterocycles.